The quantitative estimate of drug-likeness (QED) is 0.378. The summed E-state index contributed by atoms with van der Waals surface area (Å²) in [6.07, 6.45) is 2.94. The molecule has 2 aromatic rings. The molecule has 1 fully saturated rings. The molecule has 6 nitrogen and oxygen atoms in total. The molecule has 0 spiro atoms. The Labute approximate surface area is 179 Å². The molecular weight excluding hydrogens is 451 g/mol. The van der Waals surface area contributed by atoms with Gasteiger partial charge in [-0.1, -0.05) is 30.3 Å². The summed E-state index contributed by atoms with van der Waals surface area (Å²) in [5.74, 6) is 0.882. The minimum Gasteiger partial charge on any atom is -0.357 e. The molecule has 2 unspecified atom stereocenters. The van der Waals surface area contributed by atoms with Gasteiger partial charge in [-0.05, 0) is 31.9 Å². The molecule has 2 N–H and O–H groups in total. The first-order valence-corrected chi connectivity index (χ1v) is 9.45. The van der Waals surface area contributed by atoms with Gasteiger partial charge in [0.2, 0.25) is 0 Å². The molecule has 7 heteroatoms. The number of benzene rings is 1. The van der Waals surface area contributed by atoms with E-state index in [1.54, 1.807) is 0 Å². The Morgan fingerprint density at radius 1 is 1.26 bits per heavy atom. The van der Waals surface area contributed by atoms with Gasteiger partial charge in [0, 0.05) is 45.0 Å². The molecule has 148 valence electrons. The third-order valence-corrected chi connectivity index (χ3v) is 4.94. The monoisotopic (exact) mass is 482 g/mol. The van der Waals surface area contributed by atoms with Gasteiger partial charge >= 0.3 is 0 Å². The van der Waals surface area contributed by atoms with Crippen LogP contribution in [0.2, 0.25) is 0 Å². The van der Waals surface area contributed by atoms with Crippen molar-refractivity contribution in [1.82, 2.24) is 25.3 Å². The zero-order chi connectivity index (χ0) is 18.4. The molecule has 1 saturated heterocycles. The third-order valence-electron chi connectivity index (χ3n) is 4.94. The van der Waals surface area contributed by atoms with Crippen LogP contribution in [0.25, 0.3) is 0 Å². The predicted molar refractivity (Wildman–Crippen MR) is 121 cm³/mol. The second-order valence-electron chi connectivity index (χ2n) is 6.98. The topological polar surface area (TPSA) is 57.5 Å². The van der Waals surface area contributed by atoms with Crippen molar-refractivity contribution in [1.29, 1.82) is 0 Å². The summed E-state index contributed by atoms with van der Waals surface area (Å²) in [5.41, 5.74) is 2.48. The van der Waals surface area contributed by atoms with E-state index in [4.69, 9.17) is 4.99 Å². The first kappa shape index (κ1) is 21.7. The van der Waals surface area contributed by atoms with Gasteiger partial charge in [-0.3, -0.25) is 9.58 Å². The van der Waals surface area contributed by atoms with Crippen LogP contribution in [0.3, 0.4) is 0 Å². The van der Waals surface area contributed by atoms with Crippen LogP contribution in [0, 0.1) is 0 Å². The van der Waals surface area contributed by atoms with E-state index in [0.29, 0.717) is 18.6 Å². The molecule has 1 aromatic heterocycles. The highest BCUT2D eigenvalue weighted by atomic mass is 127. The minimum absolute atomic E-state index is 0. The minimum atomic E-state index is 0. The lowest BCUT2D eigenvalue weighted by molar-refractivity contribution is 0.258. The van der Waals surface area contributed by atoms with Crippen molar-refractivity contribution < 1.29 is 0 Å². The summed E-state index contributed by atoms with van der Waals surface area (Å²) >= 11 is 0. The van der Waals surface area contributed by atoms with E-state index in [0.717, 1.165) is 37.7 Å². The van der Waals surface area contributed by atoms with Gasteiger partial charge in [-0.25, -0.2) is 4.99 Å². The molecule has 0 bridgehead atoms. The number of nitrogens with zero attached hydrogens (tertiary/aromatic N) is 4. The van der Waals surface area contributed by atoms with E-state index in [1.165, 1.54) is 5.56 Å². The lowest BCUT2D eigenvalue weighted by Crippen LogP contribution is -2.44. The summed E-state index contributed by atoms with van der Waals surface area (Å²) in [6.45, 7) is 7.93. The van der Waals surface area contributed by atoms with E-state index in [1.807, 2.05) is 24.0 Å². The Bertz CT molecular complexity index is 714. The molecule has 2 atom stereocenters. The van der Waals surface area contributed by atoms with Crippen molar-refractivity contribution in [2.45, 2.75) is 45.4 Å². The van der Waals surface area contributed by atoms with Crippen molar-refractivity contribution >= 4 is 29.9 Å². The number of guanidine groups is 1. The van der Waals surface area contributed by atoms with E-state index in [9.17, 15) is 0 Å². The van der Waals surface area contributed by atoms with Crippen LogP contribution in [0.5, 0.6) is 0 Å². The number of hydrogen-bond acceptors (Lipinski definition) is 3. The Balaban J connectivity index is 0.00000261. The maximum atomic E-state index is 4.73. The first-order valence-electron chi connectivity index (χ1n) is 9.45. The second kappa shape index (κ2) is 10.7. The zero-order valence-corrected chi connectivity index (χ0v) is 18.8. The molecule has 0 saturated carbocycles. The molecule has 0 radical (unpaired) electrons. The zero-order valence-electron chi connectivity index (χ0n) is 16.4. The molecular formula is C20H31IN6. The lowest BCUT2D eigenvalue weighted by Gasteiger charge is -2.21. The third kappa shape index (κ3) is 6.21. The Kier molecular flexibility index (Phi) is 8.56. The van der Waals surface area contributed by atoms with E-state index in [-0.39, 0.29) is 24.0 Å². The predicted octanol–water partition coefficient (Wildman–Crippen LogP) is 2.76. The van der Waals surface area contributed by atoms with Crippen molar-refractivity contribution in [3.63, 3.8) is 0 Å². The largest absolute Gasteiger partial charge is 0.357 e. The van der Waals surface area contributed by atoms with Crippen molar-refractivity contribution in [2.24, 2.45) is 12.0 Å². The molecule has 1 aromatic carbocycles. The van der Waals surface area contributed by atoms with E-state index in [2.05, 4.69) is 64.8 Å². The maximum Gasteiger partial charge on any atom is 0.191 e. The number of aryl methyl sites for hydroxylation is 1. The van der Waals surface area contributed by atoms with E-state index < -0.39 is 0 Å². The molecule has 3 rings (SSSR count). The van der Waals surface area contributed by atoms with E-state index >= 15 is 0 Å². The number of nitrogens with one attached hydrogen (secondary N) is 2. The average molecular weight is 482 g/mol. The fourth-order valence-corrected chi connectivity index (χ4v) is 3.47. The number of likely N-dealkylation sites (tertiary alicyclic amines) is 1. The summed E-state index contributed by atoms with van der Waals surface area (Å²) in [7, 11) is 1.95. The van der Waals surface area contributed by atoms with Crippen LogP contribution in [-0.4, -0.2) is 45.8 Å². The van der Waals surface area contributed by atoms with Crippen molar-refractivity contribution in [2.75, 3.05) is 13.1 Å². The molecule has 2 heterocycles. The number of aliphatic imine (C=N–C) groups is 1. The fraction of sp³-hybridized carbons (Fsp3) is 0.500. The standard InChI is InChI=1S/C20H30N6.HI/c1-4-21-20(22-13-19-10-11-23-25(19)3)24-18-12-16(2)26(15-18)14-17-8-6-5-7-9-17;/h5-11,16,18H,4,12-15H2,1-3H3,(H2,21,22,24);1H. The van der Waals surface area contributed by atoms with Gasteiger partial charge in [0.1, 0.15) is 0 Å². The number of aromatic nitrogens is 2. The summed E-state index contributed by atoms with van der Waals surface area (Å²) in [6, 6.07) is 13.7. The first-order chi connectivity index (χ1) is 12.7. The van der Waals surface area contributed by atoms with Crippen molar-refractivity contribution in [3.8, 4) is 0 Å². The smallest absolute Gasteiger partial charge is 0.191 e. The van der Waals surface area contributed by atoms with Crippen LogP contribution in [-0.2, 0) is 20.1 Å². The summed E-state index contributed by atoms with van der Waals surface area (Å²) in [4.78, 5) is 7.27. The van der Waals surface area contributed by atoms with Gasteiger partial charge in [-0.15, -0.1) is 24.0 Å². The second-order valence-corrected chi connectivity index (χ2v) is 6.98. The van der Waals surface area contributed by atoms with Gasteiger partial charge in [0.15, 0.2) is 5.96 Å². The number of hydrogen-bond donors (Lipinski definition) is 2. The average Bonchev–Trinajstić information content (AvgIpc) is 3.19. The molecule has 1 aliphatic rings. The molecule has 27 heavy (non-hydrogen) atoms. The molecule has 1 aliphatic heterocycles. The van der Waals surface area contributed by atoms with Gasteiger partial charge in [0.25, 0.3) is 0 Å². The maximum absolute atomic E-state index is 4.73. The Morgan fingerprint density at radius 3 is 2.70 bits per heavy atom. The van der Waals surface area contributed by atoms with Crippen LogP contribution in [0.15, 0.2) is 47.6 Å². The van der Waals surface area contributed by atoms with Crippen molar-refractivity contribution in [3.05, 3.63) is 53.9 Å². The highest BCUT2D eigenvalue weighted by Gasteiger charge is 2.29. The van der Waals surface area contributed by atoms with Gasteiger partial charge < -0.3 is 10.6 Å². The van der Waals surface area contributed by atoms with Crippen LogP contribution in [0.4, 0.5) is 0 Å². The summed E-state index contributed by atoms with van der Waals surface area (Å²) in [5, 5.41) is 11.2. The van der Waals surface area contributed by atoms with Crippen LogP contribution < -0.4 is 10.6 Å². The number of rotatable bonds is 6. The number of halogens is 1. The molecule has 0 aliphatic carbocycles. The van der Waals surface area contributed by atoms with Gasteiger partial charge in [-0.2, -0.15) is 5.10 Å². The van der Waals surface area contributed by atoms with Gasteiger partial charge in [0.05, 0.1) is 12.2 Å². The summed E-state index contributed by atoms with van der Waals surface area (Å²) < 4.78 is 1.87. The Morgan fingerprint density at radius 2 is 2.04 bits per heavy atom. The highest BCUT2D eigenvalue weighted by Crippen LogP contribution is 2.20. The highest BCUT2D eigenvalue weighted by molar-refractivity contribution is 14.0. The molecule has 0 amide bonds. The van der Waals surface area contributed by atoms with Crippen LogP contribution >= 0.6 is 24.0 Å². The fourth-order valence-electron chi connectivity index (χ4n) is 3.47. The van der Waals surface area contributed by atoms with Crippen LogP contribution in [0.1, 0.15) is 31.5 Å². The normalized spacial score (nSPS) is 20.3. The lowest BCUT2D eigenvalue weighted by atomic mass is 10.2. The Hall–Kier alpha value is -1.61. The SMILES string of the molecule is CCNC(=NCc1ccnn1C)NC1CC(C)N(Cc2ccccc2)C1.I.